The van der Waals surface area contributed by atoms with Crippen LogP contribution < -0.4 is 10.6 Å². The predicted octanol–water partition coefficient (Wildman–Crippen LogP) is 4.74. The molecule has 1 aromatic rings. The van der Waals surface area contributed by atoms with Gasteiger partial charge in [0.2, 0.25) is 11.8 Å². The van der Waals surface area contributed by atoms with Crippen LogP contribution in [0.15, 0.2) is 24.3 Å². The van der Waals surface area contributed by atoms with E-state index < -0.39 is 23.8 Å². The van der Waals surface area contributed by atoms with E-state index >= 15 is 0 Å². The molecule has 0 aliphatic rings. The first kappa shape index (κ1) is 28.5. The Morgan fingerprint density at radius 2 is 1.76 bits per heavy atom. The maximum Gasteiger partial charge on any atom is 0.408 e. The van der Waals surface area contributed by atoms with Crippen molar-refractivity contribution in [2.24, 2.45) is 5.92 Å². The SMILES string of the molecule is CCCCCNC(=O)C(c1cccc(C)c1)N(CC)C(=O)C(NC(=O)OC(C)(C)C)C(C)C. The van der Waals surface area contributed by atoms with E-state index in [1.165, 1.54) is 0 Å². The van der Waals surface area contributed by atoms with Crippen LogP contribution in [0.1, 0.15) is 84.9 Å². The van der Waals surface area contributed by atoms with Crippen molar-refractivity contribution in [1.29, 1.82) is 0 Å². The van der Waals surface area contributed by atoms with E-state index in [1.54, 1.807) is 25.7 Å². The van der Waals surface area contributed by atoms with Gasteiger partial charge in [0.15, 0.2) is 0 Å². The molecule has 0 aliphatic heterocycles. The molecule has 0 spiro atoms. The molecule has 1 aromatic carbocycles. The van der Waals surface area contributed by atoms with Gasteiger partial charge in [0, 0.05) is 13.1 Å². The van der Waals surface area contributed by atoms with Crippen molar-refractivity contribution in [3.63, 3.8) is 0 Å². The van der Waals surface area contributed by atoms with E-state index in [-0.39, 0.29) is 17.7 Å². The number of nitrogens with one attached hydrogen (secondary N) is 2. The molecule has 0 saturated carbocycles. The van der Waals surface area contributed by atoms with Crippen LogP contribution in [-0.4, -0.2) is 47.5 Å². The number of nitrogens with zero attached hydrogens (tertiary/aromatic N) is 1. The first-order valence-electron chi connectivity index (χ1n) is 12.1. The van der Waals surface area contributed by atoms with Gasteiger partial charge in [-0.2, -0.15) is 0 Å². The summed E-state index contributed by atoms with van der Waals surface area (Å²) in [7, 11) is 0. The number of rotatable bonds is 11. The van der Waals surface area contributed by atoms with Crippen molar-refractivity contribution < 1.29 is 19.1 Å². The first-order valence-corrected chi connectivity index (χ1v) is 12.1. The van der Waals surface area contributed by atoms with Gasteiger partial charge in [-0.15, -0.1) is 0 Å². The quantitative estimate of drug-likeness (QED) is 0.466. The zero-order valence-corrected chi connectivity index (χ0v) is 21.7. The van der Waals surface area contributed by atoms with Crippen molar-refractivity contribution in [1.82, 2.24) is 15.5 Å². The summed E-state index contributed by atoms with van der Waals surface area (Å²) in [6.45, 7) is 15.8. The molecule has 0 saturated heterocycles. The third-order valence-electron chi connectivity index (χ3n) is 5.23. The summed E-state index contributed by atoms with van der Waals surface area (Å²) < 4.78 is 5.37. The molecule has 2 atom stereocenters. The average molecular weight is 462 g/mol. The molecule has 0 bridgehead atoms. The number of carbonyl (C=O) groups excluding carboxylic acids is 3. The molecular formula is C26H43N3O4. The zero-order chi connectivity index (χ0) is 25.2. The average Bonchev–Trinajstić information content (AvgIpc) is 2.71. The van der Waals surface area contributed by atoms with Crippen LogP contribution in [0, 0.1) is 12.8 Å². The maximum absolute atomic E-state index is 13.7. The van der Waals surface area contributed by atoms with Crippen molar-refractivity contribution >= 4 is 17.9 Å². The Balaban J connectivity index is 3.24. The fraction of sp³-hybridized carbons (Fsp3) is 0.654. The van der Waals surface area contributed by atoms with Crippen LogP contribution in [0.5, 0.6) is 0 Å². The Hall–Kier alpha value is -2.57. The molecule has 0 heterocycles. The number of carbonyl (C=O) groups is 3. The Bertz CT molecular complexity index is 786. The number of alkyl carbamates (subject to hydrolysis) is 1. The van der Waals surface area contributed by atoms with Gasteiger partial charge in [-0.3, -0.25) is 9.59 Å². The highest BCUT2D eigenvalue weighted by Crippen LogP contribution is 2.24. The molecule has 33 heavy (non-hydrogen) atoms. The lowest BCUT2D eigenvalue weighted by Gasteiger charge is -2.35. The summed E-state index contributed by atoms with van der Waals surface area (Å²) in [6.07, 6.45) is 2.32. The van der Waals surface area contributed by atoms with E-state index in [0.29, 0.717) is 13.1 Å². The van der Waals surface area contributed by atoms with Crippen LogP contribution in [0.4, 0.5) is 4.79 Å². The van der Waals surface area contributed by atoms with E-state index in [2.05, 4.69) is 17.6 Å². The molecule has 3 amide bonds. The minimum Gasteiger partial charge on any atom is -0.444 e. The summed E-state index contributed by atoms with van der Waals surface area (Å²) in [6, 6.07) is 6.03. The number of benzene rings is 1. The highest BCUT2D eigenvalue weighted by atomic mass is 16.6. The van der Waals surface area contributed by atoms with E-state index in [4.69, 9.17) is 4.74 Å². The van der Waals surface area contributed by atoms with Crippen LogP contribution in [0.2, 0.25) is 0 Å². The second kappa shape index (κ2) is 13.2. The lowest BCUT2D eigenvalue weighted by molar-refractivity contribution is -0.143. The monoisotopic (exact) mass is 461 g/mol. The van der Waals surface area contributed by atoms with Crippen LogP contribution >= 0.6 is 0 Å². The molecule has 0 aromatic heterocycles. The molecule has 0 aliphatic carbocycles. The maximum atomic E-state index is 13.7. The van der Waals surface area contributed by atoms with Gasteiger partial charge in [0.1, 0.15) is 17.7 Å². The van der Waals surface area contributed by atoms with E-state index in [1.807, 2.05) is 52.0 Å². The molecule has 0 radical (unpaired) electrons. The Kier molecular flexibility index (Phi) is 11.4. The second-order valence-electron chi connectivity index (χ2n) is 9.81. The molecule has 2 unspecified atom stereocenters. The van der Waals surface area contributed by atoms with E-state index in [9.17, 15) is 14.4 Å². The van der Waals surface area contributed by atoms with E-state index in [0.717, 1.165) is 30.4 Å². The smallest absolute Gasteiger partial charge is 0.408 e. The first-order chi connectivity index (χ1) is 15.4. The van der Waals surface area contributed by atoms with Crippen LogP contribution in [-0.2, 0) is 14.3 Å². The highest BCUT2D eigenvalue weighted by molar-refractivity contribution is 5.92. The number of ether oxygens (including phenoxy) is 1. The van der Waals surface area contributed by atoms with Crippen LogP contribution in [0.3, 0.4) is 0 Å². The van der Waals surface area contributed by atoms with Gasteiger partial charge in [-0.25, -0.2) is 4.79 Å². The third-order valence-corrected chi connectivity index (χ3v) is 5.23. The Morgan fingerprint density at radius 1 is 1.09 bits per heavy atom. The molecule has 2 N–H and O–H groups in total. The van der Waals surface area contributed by atoms with Gasteiger partial charge in [-0.1, -0.05) is 63.4 Å². The van der Waals surface area contributed by atoms with Gasteiger partial charge in [0.05, 0.1) is 0 Å². The Morgan fingerprint density at radius 3 is 2.27 bits per heavy atom. The van der Waals surface area contributed by atoms with Gasteiger partial charge < -0.3 is 20.3 Å². The number of likely N-dealkylation sites (N-methyl/N-ethyl adjacent to an activating group) is 1. The van der Waals surface area contributed by atoms with Crippen molar-refractivity contribution in [3.8, 4) is 0 Å². The van der Waals surface area contributed by atoms with Crippen molar-refractivity contribution in [2.75, 3.05) is 13.1 Å². The normalized spacial score (nSPS) is 13.2. The second-order valence-corrected chi connectivity index (χ2v) is 9.81. The highest BCUT2D eigenvalue weighted by Gasteiger charge is 2.36. The van der Waals surface area contributed by atoms with Gasteiger partial charge >= 0.3 is 6.09 Å². The summed E-state index contributed by atoms with van der Waals surface area (Å²) in [5.74, 6) is -0.718. The topological polar surface area (TPSA) is 87.7 Å². The third kappa shape index (κ3) is 9.44. The molecule has 186 valence electrons. The standard InChI is InChI=1S/C26H43N3O4/c1-9-11-12-16-27-23(30)22(20-15-13-14-19(5)17-20)29(10-2)24(31)21(18(3)4)28-25(32)33-26(6,7)8/h13-15,17-18,21-22H,9-12,16H2,1-8H3,(H,27,30)(H,28,32). The van der Waals surface area contributed by atoms with Gasteiger partial charge in [-0.05, 0) is 52.5 Å². The minimum absolute atomic E-state index is 0.190. The van der Waals surface area contributed by atoms with Crippen LogP contribution in [0.25, 0.3) is 0 Å². The van der Waals surface area contributed by atoms with Gasteiger partial charge in [0.25, 0.3) is 0 Å². The number of hydrogen-bond acceptors (Lipinski definition) is 4. The minimum atomic E-state index is -0.819. The fourth-order valence-corrected chi connectivity index (χ4v) is 3.59. The molecule has 0 fully saturated rings. The molecule has 7 heteroatoms. The number of amides is 3. The summed E-state index contributed by atoms with van der Waals surface area (Å²) in [5, 5.41) is 5.72. The molecule has 1 rings (SSSR count). The fourth-order valence-electron chi connectivity index (χ4n) is 3.59. The summed E-state index contributed by atoms with van der Waals surface area (Å²) in [5.41, 5.74) is 1.08. The summed E-state index contributed by atoms with van der Waals surface area (Å²) in [4.78, 5) is 41.0. The number of aryl methyl sites for hydroxylation is 1. The zero-order valence-electron chi connectivity index (χ0n) is 21.7. The lowest BCUT2D eigenvalue weighted by atomic mass is 9.98. The predicted molar refractivity (Wildman–Crippen MR) is 132 cm³/mol. The molecular weight excluding hydrogens is 418 g/mol. The van der Waals surface area contributed by atoms with Crippen molar-refractivity contribution in [3.05, 3.63) is 35.4 Å². The number of hydrogen-bond donors (Lipinski definition) is 2. The molecule has 7 nitrogen and oxygen atoms in total. The largest absolute Gasteiger partial charge is 0.444 e. The van der Waals surface area contributed by atoms with Crippen molar-refractivity contribution in [2.45, 2.75) is 92.3 Å². The lowest BCUT2D eigenvalue weighted by Crippen LogP contribution is -2.54. The summed E-state index contributed by atoms with van der Waals surface area (Å²) >= 11 is 0. The Labute approximate surface area is 199 Å². The number of unbranched alkanes of at least 4 members (excludes halogenated alkanes) is 2.